The van der Waals surface area contributed by atoms with Crippen LogP contribution >= 0.6 is 0 Å². The smallest absolute Gasteiger partial charge is 0.303 e. The van der Waals surface area contributed by atoms with Crippen LogP contribution < -0.4 is 0 Å². The molecule has 4 heteroatoms. The monoisotopic (exact) mass is 188 g/mol. The van der Waals surface area contributed by atoms with E-state index in [1.165, 1.54) is 0 Å². The zero-order valence-electron chi connectivity index (χ0n) is 8.08. The molecule has 0 aliphatic rings. The largest absolute Gasteiger partial charge is 0.481 e. The van der Waals surface area contributed by atoms with Crippen LogP contribution in [0.25, 0.3) is 0 Å². The highest BCUT2D eigenvalue weighted by Gasteiger charge is 1.96. The third-order valence-electron chi connectivity index (χ3n) is 1.48. The Morgan fingerprint density at radius 2 is 2.15 bits per heavy atom. The minimum absolute atomic E-state index is 0.173. The molecule has 0 atom stereocenters. The number of methoxy groups -OCH3 is 1. The van der Waals surface area contributed by atoms with E-state index < -0.39 is 5.97 Å². The highest BCUT2D eigenvalue weighted by atomic mass is 16.7. The zero-order valence-corrected chi connectivity index (χ0v) is 8.08. The van der Waals surface area contributed by atoms with Crippen LogP contribution in [0.2, 0.25) is 0 Å². The van der Waals surface area contributed by atoms with Crippen molar-refractivity contribution in [3.8, 4) is 0 Å². The molecule has 0 saturated heterocycles. The maximum Gasteiger partial charge on any atom is 0.303 e. The summed E-state index contributed by atoms with van der Waals surface area (Å²) in [4.78, 5) is 10.2. The summed E-state index contributed by atoms with van der Waals surface area (Å²) in [6.07, 6.45) is 2.61. The van der Waals surface area contributed by atoms with E-state index in [0.717, 1.165) is 5.57 Å². The number of ether oxygens (including phenoxy) is 2. The van der Waals surface area contributed by atoms with E-state index in [-0.39, 0.29) is 13.2 Å². The van der Waals surface area contributed by atoms with Crippen LogP contribution in [0.15, 0.2) is 11.6 Å². The first-order valence-electron chi connectivity index (χ1n) is 4.11. The van der Waals surface area contributed by atoms with Gasteiger partial charge in [-0.15, -0.1) is 0 Å². The average Bonchev–Trinajstić information content (AvgIpc) is 2.09. The fourth-order valence-corrected chi connectivity index (χ4v) is 0.739. The maximum absolute atomic E-state index is 10.2. The van der Waals surface area contributed by atoms with Gasteiger partial charge >= 0.3 is 5.97 Å². The van der Waals surface area contributed by atoms with Crippen LogP contribution in [-0.4, -0.2) is 31.6 Å². The number of carboxylic acid groups (broad SMARTS) is 1. The Labute approximate surface area is 78.2 Å². The van der Waals surface area contributed by atoms with Crippen molar-refractivity contribution >= 4 is 5.97 Å². The Balaban J connectivity index is 3.45. The number of allylic oxidation sites excluding steroid dienone is 1. The van der Waals surface area contributed by atoms with Crippen molar-refractivity contribution in [1.82, 2.24) is 0 Å². The highest BCUT2D eigenvalue weighted by Crippen LogP contribution is 2.03. The van der Waals surface area contributed by atoms with Crippen LogP contribution in [-0.2, 0) is 14.3 Å². The molecule has 0 aromatic rings. The van der Waals surface area contributed by atoms with E-state index >= 15 is 0 Å². The molecular weight excluding hydrogens is 172 g/mol. The molecule has 0 bridgehead atoms. The summed E-state index contributed by atoms with van der Waals surface area (Å²) in [6, 6.07) is 0. The standard InChI is InChI=1S/C9H16O4/c1-8(3-4-9(10)11)5-6-13-7-12-2/h5H,3-4,6-7H2,1-2H3,(H,10,11)/b8-5+. The third kappa shape index (κ3) is 9.04. The molecule has 0 fully saturated rings. The lowest BCUT2D eigenvalue weighted by Gasteiger charge is -2.00. The number of aliphatic carboxylic acids is 1. The predicted octanol–water partition coefficient (Wildman–Crippen LogP) is 1.42. The lowest BCUT2D eigenvalue weighted by molar-refractivity contribution is -0.136. The first-order chi connectivity index (χ1) is 6.16. The quantitative estimate of drug-likeness (QED) is 0.373. The summed E-state index contributed by atoms with van der Waals surface area (Å²) in [6.45, 7) is 2.63. The van der Waals surface area contributed by atoms with Crippen molar-refractivity contribution in [3.05, 3.63) is 11.6 Å². The summed E-state index contributed by atoms with van der Waals surface area (Å²) < 4.78 is 9.69. The van der Waals surface area contributed by atoms with Gasteiger partial charge < -0.3 is 14.6 Å². The molecule has 0 unspecified atom stereocenters. The zero-order chi connectivity index (χ0) is 10.1. The summed E-state index contributed by atoms with van der Waals surface area (Å²) >= 11 is 0. The molecule has 0 aromatic heterocycles. The first-order valence-corrected chi connectivity index (χ1v) is 4.11. The molecule has 0 rings (SSSR count). The van der Waals surface area contributed by atoms with Gasteiger partial charge in [-0.25, -0.2) is 0 Å². The molecule has 0 saturated carbocycles. The number of hydrogen-bond donors (Lipinski definition) is 1. The minimum atomic E-state index is -0.773. The second kappa shape index (κ2) is 7.76. The fourth-order valence-electron chi connectivity index (χ4n) is 0.739. The van der Waals surface area contributed by atoms with Crippen LogP contribution in [0.1, 0.15) is 19.8 Å². The van der Waals surface area contributed by atoms with E-state index in [1.54, 1.807) is 7.11 Å². The van der Waals surface area contributed by atoms with Gasteiger partial charge in [0.05, 0.1) is 6.61 Å². The number of carboxylic acids is 1. The molecule has 0 spiro atoms. The van der Waals surface area contributed by atoms with Crippen molar-refractivity contribution in [1.29, 1.82) is 0 Å². The van der Waals surface area contributed by atoms with Crippen LogP contribution in [0.4, 0.5) is 0 Å². The third-order valence-corrected chi connectivity index (χ3v) is 1.48. The van der Waals surface area contributed by atoms with E-state index in [2.05, 4.69) is 4.74 Å². The van der Waals surface area contributed by atoms with Crippen molar-refractivity contribution in [2.24, 2.45) is 0 Å². The van der Waals surface area contributed by atoms with Gasteiger partial charge in [-0.2, -0.15) is 0 Å². The minimum Gasteiger partial charge on any atom is -0.481 e. The maximum atomic E-state index is 10.2. The van der Waals surface area contributed by atoms with Gasteiger partial charge in [-0.05, 0) is 13.3 Å². The SMILES string of the molecule is COCOC/C=C(\C)CCC(=O)O. The Morgan fingerprint density at radius 3 is 2.69 bits per heavy atom. The Bertz CT molecular complexity index is 174. The van der Waals surface area contributed by atoms with Gasteiger partial charge in [0.15, 0.2) is 0 Å². The second-order valence-corrected chi connectivity index (χ2v) is 2.72. The van der Waals surface area contributed by atoms with Crippen LogP contribution in [0.5, 0.6) is 0 Å². The topological polar surface area (TPSA) is 55.8 Å². The normalized spacial score (nSPS) is 11.7. The predicted molar refractivity (Wildman–Crippen MR) is 48.5 cm³/mol. The molecule has 76 valence electrons. The number of hydrogen-bond acceptors (Lipinski definition) is 3. The van der Waals surface area contributed by atoms with Crippen molar-refractivity contribution in [3.63, 3.8) is 0 Å². The molecule has 13 heavy (non-hydrogen) atoms. The van der Waals surface area contributed by atoms with Crippen molar-refractivity contribution in [2.45, 2.75) is 19.8 Å². The average molecular weight is 188 g/mol. The van der Waals surface area contributed by atoms with E-state index in [4.69, 9.17) is 9.84 Å². The summed E-state index contributed by atoms with van der Waals surface area (Å²) in [7, 11) is 1.56. The van der Waals surface area contributed by atoms with Crippen LogP contribution in [0, 0.1) is 0 Å². The van der Waals surface area contributed by atoms with Gasteiger partial charge in [-0.1, -0.05) is 11.6 Å². The number of carbonyl (C=O) groups is 1. The molecule has 1 N–H and O–H groups in total. The molecule has 4 nitrogen and oxygen atoms in total. The Morgan fingerprint density at radius 1 is 1.46 bits per heavy atom. The van der Waals surface area contributed by atoms with Gasteiger partial charge in [-0.3, -0.25) is 4.79 Å². The van der Waals surface area contributed by atoms with E-state index in [1.807, 2.05) is 13.0 Å². The van der Waals surface area contributed by atoms with Crippen LogP contribution in [0.3, 0.4) is 0 Å². The van der Waals surface area contributed by atoms with Gasteiger partial charge in [0.2, 0.25) is 0 Å². The van der Waals surface area contributed by atoms with Gasteiger partial charge in [0.25, 0.3) is 0 Å². The Hall–Kier alpha value is -0.870. The van der Waals surface area contributed by atoms with Crippen molar-refractivity contribution in [2.75, 3.05) is 20.5 Å². The highest BCUT2D eigenvalue weighted by molar-refractivity contribution is 5.66. The molecule has 0 aromatic carbocycles. The van der Waals surface area contributed by atoms with Gasteiger partial charge in [0.1, 0.15) is 6.79 Å². The van der Waals surface area contributed by atoms with Gasteiger partial charge in [0, 0.05) is 13.5 Å². The van der Waals surface area contributed by atoms with E-state index in [9.17, 15) is 4.79 Å². The summed E-state index contributed by atoms with van der Waals surface area (Å²) in [5, 5.41) is 8.39. The number of rotatable bonds is 7. The Kier molecular flexibility index (Phi) is 7.24. The molecule has 0 radical (unpaired) electrons. The lowest BCUT2D eigenvalue weighted by atomic mass is 10.1. The fraction of sp³-hybridized carbons (Fsp3) is 0.667. The summed E-state index contributed by atoms with van der Waals surface area (Å²) in [5.41, 5.74) is 1.03. The van der Waals surface area contributed by atoms with E-state index in [0.29, 0.717) is 13.0 Å². The molecule has 0 aliphatic carbocycles. The molecule has 0 amide bonds. The summed E-state index contributed by atoms with van der Waals surface area (Å²) in [5.74, 6) is -0.773. The van der Waals surface area contributed by atoms with Crippen molar-refractivity contribution < 1.29 is 19.4 Å². The first kappa shape index (κ1) is 12.1. The molecule has 0 aliphatic heterocycles. The molecular formula is C9H16O4. The second-order valence-electron chi connectivity index (χ2n) is 2.72. The molecule has 0 heterocycles. The lowest BCUT2D eigenvalue weighted by Crippen LogP contribution is -1.98.